The van der Waals surface area contributed by atoms with Crippen molar-refractivity contribution in [2.75, 3.05) is 23.9 Å². The molecule has 0 spiro atoms. The van der Waals surface area contributed by atoms with E-state index >= 15 is 0 Å². The molecular weight excluding hydrogens is 563 g/mol. The number of fused-ring (bicyclic) bond motifs is 1. The highest BCUT2D eigenvalue weighted by Crippen LogP contribution is 2.33. The summed E-state index contributed by atoms with van der Waals surface area (Å²) >= 11 is 5.45. The Morgan fingerprint density at radius 3 is 2.78 bits per heavy atom. The first kappa shape index (κ1) is 28.5. The zero-order valence-electron chi connectivity index (χ0n) is 22.1. The Kier molecular flexibility index (Phi) is 9.07. The van der Waals surface area contributed by atoms with E-state index < -0.39 is 11.2 Å². The minimum absolute atomic E-state index is 0.190. The number of nitrogens with one attached hydrogen (secondary N) is 2. The van der Waals surface area contributed by atoms with Gasteiger partial charge in [-0.2, -0.15) is 0 Å². The van der Waals surface area contributed by atoms with Crippen LogP contribution in [-0.2, 0) is 17.8 Å². The van der Waals surface area contributed by atoms with Crippen molar-refractivity contribution in [3.05, 3.63) is 101 Å². The maximum atomic E-state index is 13.5. The molecule has 0 fully saturated rings. The number of furan rings is 1. The molecule has 208 valence electrons. The molecule has 5 rings (SSSR count). The van der Waals surface area contributed by atoms with Crippen molar-refractivity contribution in [2.45, 2.75) is 12.6 Å². The molecule has 5 aromatic rings. The summed E-state index contributed by atoms with van der Waals surface area (Å²) in [4.78, 5) is 8.84. The third-order valence-electron chi connectivity index (χ3n) is 6.22. The molecule has 0 amide bonds. The standard InChI is InChI=1S/C31H26ClFN4O3S/c1-3-13-34-27(18-41(2)38)30-12-11-28(40-30)21-7-9-26-24(15-21)31(36-19-35-26)37-23-8-10-29(25(32)16-23)39-17-20-5-4-6-22(33)14-20/h1,4-12,14-16,19,27,34H,13,17-18H2,2H3,(H,35,36,37). The number of nitrogens with zero attached hydrogens (tertiary/aromatic N) is 2. The van der Waals surface area contributed by atoms with Crippen molar-refractivity contribution in [1.82, 2.24) is 15.3 Å². The summed E-state index contributed by atoms with van der Waals surface area (Å²) in [7, 11) is 0. The van der Waals surface area contributed by atoms with Crippen LogP contribution in [0.4, 0.5) is 15.9 Å². The smallest absolute Gasteiger partial charge is 0.141 e. The van der Waals surface area contributed by atoms with Crippen LogP contribution in [0.1, 0.15) is 17.4 Å². The van der Waals surface area contributed by atoms with Crippen molar-refractivity contribution in [3.8, 4) is 29.4 Å². The van der Waals surface area contributed by atoms with E-state index in [9.17, 15) is 8.94 Å². The van der Waals surface area contributed by atoms with Gasteiger partial charge in [0.2, 0.25) is 0 Å². The average Bonchev–Trinajstić information content (AvgIpc) is 3.45. The third kappa shape index (κ3) is 7.17. The first-order valence-corrected chi connectivity index (χ1v) is 14.8. The number of hydrogen-bond donors (Lipinski definition) is 2. The molecule has 0 saturated heterocycles. The summed E-state index contributed by atoms with van der Waals surface area (Å²) < 4.78 is 37.3. The number of hydrogen-bond acceptors (Lipinski definition) is 7. The van der Waals surface area contributed by atoms with Gasteiger partial charge in [-0.25, -0.2) is 14.4 Å². The molecule has 0 aliphatic heterocycles. The molecule has 7 nitrogen and oxygen atoms in total. The van der Waals surface area contributed by atoms with Gasteiger partial charge in [0.05, 0.1) is 23.3 Å². The van der Waals surface area contributed by atoms with Gasteiger partial charge in [0.1, 0.15) is 53.6 Å². The SMILES string of the molecule is C#CCNC(C[S+](C)[O-])c1ccc(-c2ccc3ncnc(Nc4ccc(OCc5cccc(F)c5)c(Cl)c4)c3c2)o1. The minimum Gasteiger partial charge on any atom is -0.616 e. The maximum Gasteiger partial charge on any atom is 0.141 e. The van der Waals surface area contributed by atoms with E-state index in [0.717, 1.165) is 16.5 Å². The van der Waals surface area contributed by atoms with Gasteiger partial charge >= 0.3 is 0 Å². The minimum atomic E-state index is -1.04. The van der Waals surface area contributed by atoms with Crippen molar-refractivity contribution < 1.29 is 18.1 Å². The van der Waals surface area contributed by atoms with Gasteiger partial charge in [0.15, 0.2) is 0 Å². The normalized spacial score (nSPS) is 12.6. The van der Waals surface area contributed by atoms with E-state index in [1.807, 2.05) is 36.4 Å². The van der Waals surface area contributed by atoms with Crippen LogP contribution in [0.15, 0.2) is 83.5 Å². The third-order valence-corrected chi connectivity index (χ3v) is 7.32. The Morgan fingerprint density at radius 1 is 1.12 bits per heavy atom. The van der Waals surface area contributed by atoms with Crippen LogP contribution in [0.2, 0.25) is 5.02 Å². The lowest BCUT2D eigenvalue weighted by Gasteiger charge is -2.15. The number of terminal acetylenes is 1. The Morgan fingerprint density at radius 2 is 2.00 bits per heavy atom. The van der Waals surface area contributed by atoms with E-state index in [1.165, 1.54) is 18.5 Å². The fourth-order valence-electron chi connectivity index (χ4n) is 4.28. The van der Waals surface area contributed by atoms with Gasteiger partial charge in [0, 0.05) is 16.6 Å². The summed E-state index contributed by atoms with van der Waals surface area (Å²) in [6.45, 7) is 0.527. The molecule has 0 saturated carbocycles. The molecule has 2 aromatic heterocycles. The van der Waals surface area contributed by atoms with Crippen molar-refractivity contribution >= 4 is 45.2 Å². The fraction of sp³-hybridized carbons (Fsp3) is 0.161. The zero-order chi connectivity index (χ0) is 28.8. The second-order valence-corrected chi connectivity index (χ2v) is 11.1. The van der Waals surface area contributed by atoms with Gasteiger partial charge in [-0.3, -0.25) is 5.32 Å². The molecule has 0 radical (unpaired) electrons. The summed E-state index contributed by atoms with van der Waals surface area (Å²) in [5.74, 6) is 4.97. The van der Waals surface area contributed by atoms with Crippen molar-refractivity contribution in [1.29, 1.82) is 0 Å². The summed E-state index contributed by atoms with van der Waals surface area (Å²) in [5, 5.41) is 7.67. The molecule has 2 heterocycles. The largest absolute Gasteiger partial charge is 0.616 e. The average molecular weight is 589 g/mol. The lowest BCUT2D eigenvalue weighted by Crippen LogP contribution is -2.27. The molecule has 3 aromatic carbocycles. The predicted octanol–water partition coefficient (Wildman–Crippen LogP) is 6.65. The van der Waals surface area contributed by atoms with E-state index in [4.69, 9.17) is 27.2 Å². The van der Waals surface area contributed by atoms with E-state index in [1.54, 1.807) is 30.5 Å². The molecule has 0 aliphatic rings. The number of halogens is 2. The molecule has 2 N–H and O–H groups in total. The summed E-state index contributed by atoms with van der Waals surface area (Å²) in [5.41, 5.74) is 2.98. The molecule has 0 bridgehead atoms. The van der Waals surface area contributed by atoms with Gasteiger partial charge in [-0.15, -0.1) is 6.42 Å². The Labute approximate surface area is 245 Å². The van der Waals surface area contributed by atoms with Crippen LogP contribution in [0.5, 0.6) is 5.75 Å². The topological polar surface area (TPSA) is 95.3 Å². The van der Waals surface area contributed by atoms with E-state index in [-0.39, 0.29) is 18.5 Å². The van der Waals surface area contributed by atoms with Crippen LogP contribution in [0, 0.1) is 18.2 Å². The molecule has 41 heavy (non-hydrogen) atoms. The number of benzene rings is 3. The number of aromatic nitrogens is 2. The maximum absolute atomic E-state index is 13.5. The zero-order valence-corrected chi connectivity index (χ0v) is 23.6. The lowest BCUT2D eigenvalue weighted by atomic mass is 10.1. The Hall–Kier alpha value is -4.07. The quantitative estimate of drug-likeness (QED) is 0.132. The Balaban J connectivity index is 1.35. The molecule has 2 unspecified atom stereocenters. The molecule has 10 heteroatoms. The first-order chi connectivity index (χ1) is 19.9. The van der Waals surface area contributed by atoms with Gasteiger partial charge in [0.25, 0.3) is 0 Å². The fourth-order valence-corrected chi connectivity index (χ4v) is 5.27. The second-order valence-electron chi connectivity index (χ2n) is 9.22. The van der Waals surface area contributed by atoms with Crippen LogP contribution in [0.3, 0.4) is 0 Å². The van der Waals surface area contributed by atoms with Crippen molar-refractivity contribution in [2.24, 2.45) is 0 Å². The molecule has 0 aliphatic carbocycles. The Bertz CT molecular complexity index is 1700. The summed E-state index contributed by atoms with van der Waals surface area (Å²) in [6, 6.07) is 20.8. The molecule has 2 atom stereocenters. The highest BCUT2D eigenvalue weighted by Gasteiger charge is 2.20. The number of anilines is 2. The lowest BCUT2D eigenvalue weighted by molar-refractivity contribution is 0.306. The van der Waals surface area contributed by atoms with Crippen LogP contribution in [-0.4, -0.2) is 33.1 Å². The van der Waals surface area contributed by atoms with Crippen LogP contribution in [0.25, 0.3) is 22.2 Å². The monoisotopic (exact) mass is 588 g/mol. The second kappa shape index (κ2) is 13.1. The molecular formula is C31H26ClFN4O3S. The summed E-state index contributed by atoms with van der Waals surface area (Å²) in [6.07, 6.45) is 8.53. The highest BCUT2D eigenvalue weighted by molar-refractivity contribution is 7.90. The van der Waals surface area contributed by atoms with Crippen LogP contribution >= 0.6 is 11.6 Å². The van der Waals surface area contributed by atoms with Crippen LogP contribution < -0.4 is 15.4 Å². The highest BCUT2D eigenvalue weighted by atomic mass is 35.5. The van der Waals surface area contributed by atoms with E-state index in [0.29, 0.717) is 51.7 Å². The number of rotatable bonds is 11. The first-order valence-electron chi connectivity index (χ1n) is 12.6. The van der Waals surface area contributed by atoms with Gasteiger partial charge in [-0.1, -0.05) is 40.8 Å². The van der Waals surface area contributed by atoms with Crippen molar-refractivity contribution in [3.63, 3.8) is 0 Å². The van der Waals surface area contributed by atoms with Gasteiger partial charge in [-0.05, 0) is 66.2 Å². The number of ether oxygens (including phenoxy) is 1. The van der Waals surface area contributed by atoms with Gasteiger partial charge < -0.3 is 19.0 Å². The van der Waals surface area contributed by atoms with E-state index in [2.05, 4.69) is 26.5 Å². The predicted molar refractivity (Wildman–Crippen MR) is 161 cm³/mol.